The number of imide groups is 1. The monoisotopic (exact) mass is 426 g/mol. The summed E-state index contributed by atoms with van der Waals surface area (Å²) in [6.45, 7) is 11.5. The zero-order valence-corrected chi connectivity index (χ0v) is 18.9. The summed E-state index contributed by atoms with van der Waals surface area (Å²) in [4.78, 5) is 38.5. The lowest BCUT2D eigenvalue weighted by Gasteiger charge is -2.19. The van der Waals surface area contributed by atoms with Gasteiger partial charge in [0, 0.05) is 17.1 Å². The number of amides is 2. The largest absolute Gasteiger partial charge is 0.464 e. The molecule has 1 aliphatic rings. The number of carbonyl (C=O) groups excluding carboxylic acids is 3. The van der Waals surface area contributed by atoms with Gasteiger partial charge in [0.15, 0.2) is 0 Å². The van der Waals surface area contributed by atoms with Crippen LogP contribution in [0, 0.1) is 27.7 Å². The molecule has 1 fully saturated rings. The molecule has 1 aromatic carbocycles. The van der Waals surface area contributed by atoms with Gasteiger partial charge in [0.2, 0.25) is 0 Å². The van der Waals surface area contributed by atoms with Crippen molar-refractivity contribution in [2.45, 2.75) is 47.6 Å². The quantitative estimate of drug-likeness (QED) is 0.512. The molecule has 1 atom stereocenters. The molecule has 3 rings (SSSR count). The first-order chi connectivity index (χ1) is 14.1. The van der Waals surface area contributed by atoms with Gasteiger partial charge in [-0.2, -0.15) is 0 Å². The number of thioether (sulfide) groups is 1. The Bertz CT molecular complexity index is 1070. The maximum atomic E-state index is 12.8. The molecule has 30 heavy (non-hydrogen) atoms. The zero-order chi connectivity index (χ0) is 22.2. The Morgan fingerprint density at radius 3 is 2.47 bits per heavy atom. The van der Waals surface area contributed by atoms with Crippen LogP contribution in [0.5, 0.6) is 0 Å². The predicted octanol–water partition coefficient (Wildman–Crippen LogP) is 4.70. The van der Waals surface area contributed by atoms with E-state index >= 15 is 0 Å². The minimum absolute atomic E-state index is 0.194. The van der Waals surface area contributed by atoms with E-state index in [1.807, 2.05) is 19.9 Å². The maximum Gasteiger partial charge on any atom is 0.329 e. The van der Waals surface area contributed by atoms with Crippen molar-refractivity contribution in [3.8, 4) is 5.69 Å². The highest BCUT2D eigenvalue weighted by Crippen LogP contribution is 2.35. The van der Waals surface area contributed by atoms with Gasteiger partial charge in [-0.3, -0.25) is 14.5 Å². The van der Waals surface area contributed by atoms with Crippen LogP contribution in [-0.2, 0) is 14.3 Å². The molecule has 0 spiro atoms. The van der Waals surface area contributed by atoms with Gasteiger partial charge in [0.05, 0.1) is 11.5 Å². The van der Waals surface area contributed by atoms with Gasteiger partial charge in [-0.05, 0) is 94.3 Å². The van der Waals surface area contributed by atoms with Crippen LogP contribution in [0.4, 0.5) is 4.79 Å². The van der Waals surface area contributed by atoms with Gasteiger partial charge in [-0.15, -0.1) is 0 Å². The van der Waals surface area contributed by atoms with Crippen molar-refractivity contribution in [1.82, 2.24) is 9.47 Å². The van der Waals surface area contributed by atoms with E-state index < -0.39 is 23.2 Å². The van der Waals surface area contributed by atoms with E-state index in [1.165, 1.54) is 18.1 Å². The first kappa shape index (κ1) is 21.9. The van der Waals surface area contributed by atoms with E-state index in [-0.39, 0.29) is 6.61 Å². The molecule has 158 valence electrons. The van der Waals surface area contributed by atoms with Gasteiger partial charge in [0.1, 0.15) is 6.04 Å². The molecule has 0 aliphatic carbocycles. The molecule has 1 aromatic heterocycles. The Morgan fingerprint density at radius 1 is 1.13 bits per heavy atom. The summed E-state index contributed by atoms with van der Waals surface area (Å²) in [5, 5.41) is -0.463. The second-order valence-corrected chi connectivity index (χ2v) is 8.40. The summed E-state index contributed by atoms with van der Waals surface area (Å²) in [6, 6.07) is 7.33. The Hall–Kier alpha value is -2.80. The van der Waals surface area contributed by atoms with Gasteiger partial charge >= 0.3 is 5.97 Å². The number of nitrogens with zero attached hydrogens (tertiary/aromatic N) is 2. The lowest BCUT2D eigenvalue weighted by atomic mass is 10.1. The Balaban J connectivity index is 1.94. The molecule has 1 saturated heterocycles. The normalized spacial score (nSPS) is 16.5. The molecule has 0 N–H and O–H groups in total. The second-order valence-electron chi connectivity index (χ2n) is 7.41. The van der Waals surface area contributed by atoms with Crippen molar-refractivity contribution in [1.29, 1.82) is 0 Å². The molecule has 0 saturated carbocycles. The van der Waals surface area contributed by atoms with E-state index in [4.69, 9.17) is 4.74 Å². The number of esters is 1. The highest BCUT2D eigenvalue weighted by Gasteiger charge is 2.41. The van der Waals surface area contributed by atoms with E-state index in [1.54, 1.807) is 13.0 Å². The number of rotatable bonds is 5. The van der Waals surface area contributed by atoms with Crippen molar-refractivity contribution in [2.75, 3.05) is 6.61 Å². The summed E-state index contributed by atoms with van der Waals surface area (Å²) in [5.74, 6) is -1.06. The average molecular weight is 427 g/mol. The van der Waals surface area contributed by atoms with Crippen LogP contribution < -0.4 is 0 Å². The second kappa shape index (κ2) is 8.52. The van der Waals surface area contributed by atoms with Crippen LogP contribution in [0.2, 0.25) is 0 Å². The molecular formula is C23H26N2O4S. The number of hydrogen-bond acceptors (Lipinski definition) is 5. The van der Waals surface area contributed by atoms with Crippen molar-refractivity contribution >= 4 is 35.0 Å². The summed E-state index contributed by atoms with van der Waals surface area (Å²) in [5.41, 5.74) is 6.35. The number of aromatic nitrogens is 1. The molecule has 1 aliphatic heterocycles. The first-order valence-corrected chi connectivity index (χ1v) is 10.7. The third-order valence-electron chi connectivity index (χ3n) is 5.34. The van der Waals surface area contributed by atoms with E-state index in [0.717, 1.165) is 39.3 Å². The Labute approximate surface area is 180 Å². The molecular weight excluding hydrogens is 400 g/mol. The molecule has 2 aromatic rings. The third-order valence-corrected chi connectivity index (χ3v) is 6.23. The van der Waals surface area contributed by atoms with Gasteiger partial charge < -0.3 is 9.30 Å². The van der Waals surface area contributed by atoms with Crippen LogP contribution in [-0.4, -0.2) is 39.2 Å². The van der Waals surface area contributed by atoms with Gasteiger partial charge in [0.25, 0.3) is 11.1 Å². The molecule has 2 heterocycles. The molecule has 7 heteroatoms. The molecule has 0 bridgehead atoms. The maximum absolute atomic E-state index is 12.8. The topological polar surface area (TPSA) is 68.6 Å². The first-order valence-electron chi connectivity index (χ1n) is 9.86. The third kappa shape index (κ3) is 3.94. The van der Waals surface area contributed by atoms with E-state index in [9.17, 15) is 14.4 Å². The molecule has 2 amide bonds. The number of aryl methyl sites for hydroxylation is 3. The summed E-state index contributed by atoms with van der Waals surface area (Å²) in [6.07, 6.45) is 1.72. The average Bonchev–Trinajstić information content (AvgIpc) is 3.12. The van der Waals surface area contributed by atoms with Crippen molar-refractivity contribution in [3.05, 3.63) is 57.2 Å². The van der Waals surface area contributed by atoms with Crippen LogP contribution in [0.15, 0.2) is 29.2 Å². The minimum atomic E-state index is -0.952. The fraction of sp³-hybridized carbons (Fsp3) is 0.348. The van der Waals surface area contributed by atoms with Gasteiger partial charge in [-0.1, -0.05) is 6.07 Å². The molecule has 0 radical (unpaired) electrons. The zero-order valence-electron chi connectivity index (χ0n) is 18.1. The number of ether oxygens (including phenoxy) is 1. The summed E-state index contributed by atoms with van der Waals surface area (Å²) >= 11 is 0.846. The van der Waals surface area contributed by atoms with Crippen molar-refractivity contribution in [3.63, 3.8) is 0 Å². The standard InChI is InChI=1S/C23H26N2O4S/c1-7-29-22(27)17(6)25-21(26)20(30-23(25)28)12-18-11-15(4)24(16(18)5)19-9-8-13(2)14(3)10-19/h8-12,17H,7H2,1-6H3/b20-12+/t17-/m1/s1. The van der Waals surface area contributed by atoms with E-state index in [0.29, 0.717) is 4.91 Å². The van der Waals surface area contributed by atoms with Crippen molar-refractivity contribution in [2.24, 2.45) is 0 Å². The fourth-order valence-corrected chi connectivity index (χ4v) is 4.42. The summed E-state index contributed by atoms with van der Waals surface area (Å²) < 4.78 is 7.08. The predicted molar refractivity (Wildman–Crippen MR) is 119 cm³/mol. The number of benzene rings is 1. The molecule has 6 nitrogen and oxygen atoms in total. The van der Waals surface area contributed by atoms with Crippen molar-refractivity contribution < 1.29 is 19.1 Å². The lowest BCUT2D eigenvalue weighted by Crippen LogP contribution is -2.42. The molecule has 0 unspecified atom stereocenters. The van der Waals surface area contributed by atoms with Crippen LogP contribution in [0.1, 0.15) is 41.9 Å². The van der Waals surface area contributed by atoms with Crippen LogP contribution >= 0.6 is 11.8 Å². The SMILES string of the molecule is CCOC(=O)[C@@H](C)N1C(=O)S/C(=C/c2cc(C)n(-c3ccc(C)c(C)c3)c2C)C1=O. The Morgan fingerprint density at radius 2 is 1.83 bits per heavy atom. The number of carbonyl (C=O) groups is 3. The highest BCUT2D eigenvalue weighted by molar-refractivity contribution is 8.18. The number of hydrogen-bond donors (Lipinski definition) is 0. The van der Waals surface area contributed by atoms with Crippen LogP contribution in [0.25, 0.3) is 11.8 Å². The smallest absolute Gasteiger partial charge is 0.329 e. The van der Waals surface area contributed by atoms with E-state index in [2.05, 4.69) is 36.6 Å². The Kier molecular flexibility index (Phi) is 6.22. The highest BCUT2D eigenvalue weighted by atomic mass is 32.2. The fourth-order valence-electron chi connectivity index (χ4n) is 3.52. The summed E-state index contributed by atoms with van der Waals surface area (Å²) in [7, 11) is 0. The van der Waals surface area contributed by atoms with Gasteiger partial charge in [-0.25, -0.2) is 4.79 Å². The minimum Gasteiger partial charge on any atom is -0.464 e. The lowest BCUT2D eigenvalue weighted by molar-refractivity contribution is -0.150. The van der Waals surface area contributed by atoms with Crippen LogP contribution in [0.3, 0.4) is 0 Å².